The Balaban J connectivity index is 1.38. The molecular formula is C30H42F2N6O2. The van der Waals surface area contributed by atoms with E-state index in [4.69, 9.17) is 10.6 Å². The summed E-state index contributed by atoms with van der Waals surface area (Å²) >= 11 is 0. The summed E-state index contributed by atoms with van der Waals surface area (Å²) in [6.45, 7) is 18.2. The van der Waals surface area contributed by atoms with Crippen LogP contribution in [0.1, 0.15) is 33.3 Å². The Bertz CT molecular complexity index is 1230. The van der Waals surface area contributed by atoms with Crippen molar-refractivity contribution in [3.63, 3.8) is 0 Å². The molecule has 0 radical (unpaired) electrons. The molecule has 0 aromatic heterocycles. The summed E-state index contributed by atoms with van der Waals surface area (Å²) in [5.74, 6) is 5.32. The predicted molar refractivity (Wildman–Crippen MR) is 151 cm³/mol. The number of piperazine rings is 1. The Hall–Kier alpha value is -2.63. The maximum Gasteiger partial charge on any atom is 0.241 e. The van der Waals surface area contributed by atoms with Crippen molar-refractivity contribution in [2.45, 2.75) is 52.2 Å². The van der Waals surface area contributed by atoms with Crippen molar-refractivity contribution < 1.29 is 18.3 Å². The lowest BCUT2D eigenvalue weighted by Crippen LogP contribution is -2.62. The molecule has 0 bridgehead atoms. The first-order chi connectivity index (χ1) is 18.9. The van der Waals surface area contributed by atoms with Crippen LogP contribution in [0.3, 0.4) is 0 Å². The van der Waals surface area contributed by atoms with E-state index in [1.165, 1.54) is 17.1 Å². The van der Waals surface area contributed by atoms with Crippen molar-refractivity contribution in [1.82, 2.24) is 25.0 Å². The molecule has 4 aliphatic heterocycles. The van der Waals surface area contributed by atoms with Gasteiger partial charge in [-0.3, -0.25) is 19.6 Å². The minimum atomic E-state index is -0.624. The second kappa shape index (κ2) is 11.3. The first-order valence-corrected chi connectivity index (χ1v) is 14.2. The molecule has 5 rings (SSSR count). The molecule has 3 N–H and O–H groups in total. The molecule has 1 aromatic carbocycles. The Labute approximate surface area is 236 Å². The first-order valence-electron chi connectivity index (χ1n) is 14.2. The van der Waals surface area contributed by atoms with E-state index in [1.807, 2.05) is 11.0 Å². The summed E-state index contributed by atoms with van der Waals surface area (Å²) in [4.78, 5) is 20.6. The number of morpholine rings is 1. The smallest absolute Gasteiger partial charge is 0.241 e. The molecule has 4 heterocycles. The lowest BCUT2D eigenvalue weighted by atomic mass is 9.88. The molecule has 0 spiro atoms. The van der Waals surface area contributed by atoms with Gasteiger partial charge < -0.3 is 15.0 Å². The van der Waals surface area contributed by atoms with Gasteiger partial charge in [-0.1, -0.05) is 26.5 Å². The number of hydrazine groups is 1. The van der Waals surface area contributed by atoms with Crippen LogP contribution in [0.15, 0.2) is 53.5 Å². The van der Waals surface area contributed by atoms with Gasteiger partial charge >= 0.3 is 0 Å². The van der Waals surface area contributed by atoms with E-state index in [1.54, 1.807) is 0 Å². The Morgan fingerprint density at radius 3 is 2.75 bits per heavy atom. The number of benzene rings is 1. The number of allylic oxidation sites excluding steroid dienone is 2. The molecular weight excluding hydrogens is 514 g/mol. The van der Waals surface area contributed by atoms with Gasteiger partial charge in [-0.2, -0.15) is 0 Å². The van der Waals surface area contributed by atoms with E-state index in [0.717, 1.165) is 56.9 Å². The summed E-state index contributed by atoms with van der Waals surface area (Å²) in [5.41, 5.74) is 2.73. The Morgan fingerprint density at radius 2 is 2.02 bits per heavy atom. The highest BCUT2D eigenvalue weighted by Gasteiger charge is 2.45. The normalized spacial score (nSPS) is 27.7. The summed E-state index contributed by atoms with van der Waals surface area (Å²) in [6, 6.07) is 4.39. The van der Waals surface area contributed by atoms with Gasteiger partial charge in [0.1, 0.15) is 11.6 Å². The van der Waals surface area contributed by atoms with Crippen molar-refractivity contribution in [3.05, 3.63) is 70.7 Å². The average Bonchev–Trinajstić information content (AvgIpc) is 3.17. The van der Waals surface area contributed by atoms with E-state index in [0.29, 0.717) is 36.0 Å². The summed E-state index contributed by atoms with van der Waals surface area (Å²) in [6.07, 6.45) is 2.09. The SMILES string of the molecule is C=C1C(Cc2ccc(F)cc2F)=CC2=C(N1N)C(C)(C)CN2C(=O)CN1C[C@@H](C)NC[C@@H]1CN1CCOC[C@H]1C. The van der Waals surface area contributed by atoms with Gasteiger partial charge in [-0.25, -0.2) is 14.6 Å². The van der Waals surface area contributed by atoms with Crippen LogP contribution < -0.4 is 11.2 Å². The van der Waals surface area contributed by atoms with Gasteiger partial charge in [-0.15, -0.1) is 0 Å². The number of nitrogens with two attached hydrogens (primary N) is 1. The molecule has 40 heavy (non-hydrogen) atoms. The highest BCUT2D eigenvalue weighted by Crippen LogP contribution is 2.45. The number of amides is 1. The third-order valence-electron chi connectivity index (χ3n) is 8.65. The Kier molecular flexibility index (Phi) is 8.18. The van der Waals surface area contributed by atoms with Crippen LogP contribution >= 0.6 is 0 Å². The summed E-state index contributed by atoms with van der Waals surface area (Å²) in [7, 11) is 0. The third kappa shape index (κ3) is 5.73. The van der Waals surface area contributed by atoms with Crippen LogP contribution in [0.4, 0.5) is 8.78 Å². The fraction of sp³-hybridized carbons (Fsp3) is 0.567. The highest BCUT2D eigenvalue weighted by atomic mass is 19.1. The molecule has 4 aliphatic rings. The second-order valence-electron chi connectivity index (χ2n) is 12.3. The van der Waals surface area contributed by atoms with Crippen LogP contribution in [0.5, 0.6) is 0 Å². The predicted octanol–water partition coefficient (Wildman–Crippen LogP) is 2.60. The zero-order chi connectivity index (χ0) is 28.8. The van der Waals surface area contributed by atoms with Gasteiger partial charge in [0.15, 0.2) is 0 Å². The molecule has 0 saturated carbocycles. The van der Waals surface area contributed by atoms with Crippen LogP contribution in [0.25, 0.3) is 0 Å². The lowest BCUT2D eigenvalue weighted by Gasteiger charge is -2.43. The minimum absolute atomic E-state index is 0.0108. The van der Waals surface area contributed by atoms with Gasteiger partial charge in [0, 0.05) is 68.8 Å². The van der Waals surface area contributed by atoms with Gasteiger partial charge in [0.2, 0.25) is 5.91 Å². The van der Waals surface area contributed by atoms with E-state index in [9.17, 15) is 13.6 Å². The molecule has 10 heteroatoms. The largest absolute Gasteiger partial charge is 0.379 e. The highest BCUT2D eigenvalue weighted by molar-refractivity contribution is 5.82. The standard InChI is InChI=1S/C30H42F2N6O2/c1-19-14-36(25(13-34-19)15-35-8-9-40-17-20(35)2)16-28(39)37-18-30(4,5)29-27(37)11-23(21(3)38(29)33)10-22-6-7-24(31)12-26(22)32/h6-7,11-12,19-20,25,34H,3,8-10,13-18,33H2,1-2,4-5H3/t19-,20-,25-/m1/s1. The molecule has 0 aliphatic carbocycles. The molecule has 3 atom stereocenters. The number of carbonyl (C=O) groups is 1. The molecule has 218 valence electrons. The number of rotatable bonds is 6. The molecule has 2 saturated heterocycles. The van der Waals surface area contributed by atoms with Crippen molar-refractivity contribution >= 4 is 5.91 Å². The number of carbonyl (C=O) groups excluding carboxylic acids is 1. The number of hydrogen-bond acceptors (Lipinski definition) is 7. The maximum atomic E-state index is 14.5. The van der Waals surface area contributed by atoms with E-state index in [2.05, 4.69) is 49.4 Å². The molecule has 1 amide bonds. The minimum Gasteiger partial charge on any atom is -0.379 e. The van der Waals surface area contributed by atoms with Crippen LogP contribution in [0, 0.1) is 17.0 Å². The first kappa shape index (κ1) is 28.9. The summed E-state index contributed by atoms with van der Waals surface area (Å²) in [5, 5.41) is 5.12. The summed E-state index contributed by atoms with van der Waals surface area (Å²) < 4.78 is 33.6. The molecule has 1 aromatic rings. The van der Waals surface area contributed by atoms with Crippen LogP contribution in [0.2, 0.25) is 0 Å². The second-order valence-corrected chi connectivity index (χ2v) is 12.3. The van der Waals surface area contributed by atoms with Gasteiger partial charge in [0.25, 0.3) is 0 Å². The number of hydrogen-bond donors (Lipinski definition) is 2. The molecule has 8 nitrogen and oxygen atoms in total. The topological polar surface area (TPSA) is 77.3 Å². The van der Waals surface area contributed by atoms with Crippen LogP contribution in [-0.2, 0) is 16.0 Å². The van der Waals surface area contributed by atoms with E-state index >= 15 is 0 Å². The molecule has 0 unspecified atom stereocenters. The number of ether oxygens (including phenoxy) is 1. The van der Waals surface area contributed by atoms with Crippen molar-refractivity contribution in [2.75, 3.05) is 52.5 Å². The van der Waals surface area contributed by atoms with E-state index in [-0.39, 0.29) is 24.4 Å². The fourth-order valence-corrected chi connectivity index (χ4v) is 6.38. The Morgan fingerprint density at radius 1 is 1.25 bits per heavy atom. The van der Waals surface area contributed by atoms with Crippen molar-refractivity contribution in [1.29, 1.82) is 0 Å². The quantitative estimate of drug-likeness (QED) is 0.522. The van der Waals surface area contributed by atoms with Crippen molar-refractivity contribution in [3.8, 4) is 0 Å². The zero-order valence-corrected chi connectivity index (χ0v) is 24.1. The van der Waals surface area contributed by atoms with E-state index < -0.39 is 17.0 Å². The number of halogens is 2. The van der Waals surface area contributed by atoms with Crippen molar-refractivity contribution in [2.24, 2.45) is 11.3 Å². The lowest BCUT2D eigenvalue weighted by molar-refractivity contribution is -0.131. The number of nitrogens with one attached hydrogen (secondary N) is 1. The zero-order valence-electron chi connectivity index (χ0n) is 24.1. The molecule has 2 fully saturated rings. The third-order valence-corrected chi connectivity index (χ3v) is 8.65. The monoisotopic (exact) mass is 556 g/mol. The fourth-order valence-electron chi connectivity index (χ4n) is 6.38. The maximum absolute atomic E-state index is 14.5. The average molecular weight is 557 g/mol. The van der Waals surface area contributed by atoms with Gasteiger partial charge in [-0.05, 0) is 37.1 Å². The number of nitrogens with zero attached hydrogens (tertiary/aromatic N) is 4. The van der Waals surface area contributed by atoms with Gasteiger partial charge in [0.05, 0.1) is 36.8 Å². The van der Waals surface area contributed by atoms with Crippen LogP contribution in [-0.4, -0.2) is 96.2 Å².